The van der Waals surface area contributed by atoms with Gasteiger partial charge in [0.25, 0.3) is 5.91 Å². The van der Waals surface area contributed by atoms with Crippen LogP contribution in [0, 0.1) is 0 Å². The number of nitrogen functional groups attached to an aromatic ring is 1. The molecule has 0 bridgehead atoms. The van der Waals surface area contributed by atoms with Gasteiger partial charge >= 0.3 is 0 Å². The molecule has 1 aromatic heterocycles. The van der Waals surface area contributed by atoms with E-state index < -0.39 is 0 Å². The van der Waals surface area contributed by atoms with Crippen LogP contribution in [0.2, 0.25) is 0 Å². The van der Waals surface area contributed by atoms with Gasteiger partial charge in [0.05, 0.1) is 0 Å². The molecule has 92 valence electrons. The predicted molar refractivity (Wildman–Crippen MR) is 63.1 cm³/mol. The number of amides is 2. The van der Waals surface area contributed by atoms with Crippen molar-refractivity contribution in [3.05, 3.63) is 23.9 Å². The number of hydrogen-bond donors (Lipinski definition) is 4. The molecule has 17 heavy (non-hydrogen) atoms. The van der Waals surface area contributed by atoms with E-state index in [9.17, 15) is 9.59 Å². The summed E-state index contributed by atoms with van der Waals surface area (Å²) in [5, 5.41) is 5.09. The first-order chi connectivity index (χ1) is 8.17. The van der Waals surface area contributed by atoms with Crippen LogP contribution in [0.25, 0.3) is 0 Å². The molecule has 0 saturated carbocycles. The summed E-state index contributed by atoms with van der Waals surface area (Å²) in [6, 6.07) is 3.09. The Morgan fingerprint density at radius 1 is 1.47 bits per heavy atom. The molecule has 0 aliphatic heterocycles. The maximum absolute atomic E-state index is 11.6. The lowest BCUT2D eigenvalue weighted by molar-refractivity contribution is -0.120. The van der Waals surface area contributed by atoms with Gasteiger partial charge in [-0.3, -0.25) is 9.59 Å². The van der Waals surface area contributed by atoms with Gasteiger partial charge in [-0.05, 0) is 12.1 Å². The van der Waals surface area contributed by atoms with Crippen LogP contribution in [0.4, 0.5) is 5.82 Å². The van der Waals surface area contributed by atoms with Crippen molar-refractivity contribution < 1.29 is 9.59 Å². The smallest absolute Gasteiger partial charge is 0.251 e. The van der Waals surface area contributed by atoms with E-state index in [0.717, 1.165) is 0 Å². The average Bonchev–Trinajstić information content (AvgIpc) is 2.38. The molecular formula is C10H15N5O2. The highest BCUT2D eigenvalue weighted by molar-refractivity contribution is 5.95. The molecule has 2 amide bonds. The van der Waals surface area contributed by atoms with Crippen LogP contribution in [-0.4, -0.2) is 30.4 Å². The maximum Gasteiger partial charge on any atom is 0.251 e. The summed E-state index contributed by atoms with van der Waals surface area (Å²) in [5.74, 6) is 5.19. The fourth-order valence-corrected chi connectivity index (χ4v) is 1.17. The predicted octanol–water partition coefficient (Wildman–Crippen LogP) is -0.767. The lowest BCUT2D eigenvalue weighted by Gasteiger charge is -2.05. The van der Waals surface area contributed by atoms with E-state index in [2.05, 4.69) is 21.0 Å². The van der Waals surface area contributed by atoms with Gasteiger partial charge in [0.15, 0.2) is 0 Å². The normalized spacial score (nSPS) is 9.53. The number of carbonyl (C=O) groups is 2. The van der Waals surface area contributed by atoms with E-state index in [1.54, 1.807) is 13.1 Å². The first-order valence-corrected chi connectivity index (χ1v) is 5.09. The maximum atomic E-state index is 11.6. The largest absolute Gasteiger partial charge is 0.359 e. The fourth-order valence-electron chi connectivity index (χ4n) is 1.17. The van der Waals surface area contributed by atoms with E-state index in [0.29, 0.717) is 11.4 Å². The summed E-state index contributed by atoms with van der Waals surface area (Å²) in [6.45, 7) is 0.284. The second-order valence-electron chi connectivity index (χ2n) is 3.25. The van der Waals surface area contributed by atoms with Crippen LogP contribution < -0.4 is 21.9 Å². The van der Waals surface area contributed by atoms with Crippen LogP contribution in [0.5, 0.6) is 0 Å². The first kappa shape index (κ1) is 12.9. The topological polar surface area (TPSA) is 109 Å². The van der Waals surface area contributed by atoms with Crippen molar-refractivity contribution in [2.24, 2.45) is 5.84 Å². The third kappa shape index (κ3) is 4.07. The molecule has 0 atom stereocenters. The Balaban J connectivity index is 2.49. The van der Waals surface area contributed by atoms with Crippen molar-refractivity contribution in [2.45, 2.75) is 6.42 Å². The second kappa shape index (κ2) is 6.44. The van der Waals surface area contributed by atoms with Crippen LogP contribution in [0.3, 0.4) is 0 Å². The summed E-state index contributed by atoms with van der Waals surface area (Å²) in [4.78, 5) is 26.5. The number of rotatable bonds is 5. The molecule has 0 unspecified atom stereocenters. The molecule has 1 rings (SSSR count). The van der Waals surface area contributed by atoms with E-state index in [-0.39, 0.29) is 24.8 Å². The Morgan fingerprint density at radius 2 is 2.24 bits per heavy atom. The van der Waals surface area contributed by atoms with Gasteiger partial charge in [0.1, 0.15) is 5.82 Å². The summed E-state index contributed by atoms with van der Waals surface area (Å²) < 4.78 is 0. The summed E-state index contributed by atoms with van der Waals surface area (Å²) >= 11 is 0. The van der Waals surface area contributed by atoms with E-state index >= 15 is 0 Å². The SMILES string of the molecule is CNC(=O)CCNC(=O)c1ccnc(NN)c1. The van der Waals surface area contributed by atoms with Gasteiger partial charge < -0.3 is 16.1 Å². The van der Waals surface area contributed by atoms with Crippen LogP contribution in [0.1, 0.15) is 16.8 Å². The molecule has 0 spiro atoms. The lowest BCUT2D eigenvalue weighted by atomic mass is 10.2. The Labute approximate surface area is 98.8 Å². The minimum atomic E-state index is -0.271. The molecule has 0 radical (unpaired) electrons. The molecular weight excluding hydrogens is 222 g/mol. The van der Waals surface area contributed by atoms with Crippen molar-refractivity contribution in [2.75, 3.05) is 19.0 Å². The number of hydrogen-bond acceptors (Lipinski definition) is 5. The first-order valence-electron chi connectivity index (χ1n) is 5.09. The monoisotopic (exact) mass is 237 g/mol. The minimum Gasteiger partial charge on any atom is -0.359 e. The molecule has 0 saturated heterocycles. The number of hydrazine groups is 1. The van der Waals surface area contributed by atoms with Crippen molar-refractivity contribution in [3.8, 4) is 0 Å². The third-order valence-electron chi connectivity index (χ3n) is 2.09. The summed E-state index contributed by atoms with van der Waals surface area (Å²) in [6.07, 6.45) is 1.72. The van der Waals surface area contributed by atoms with Crippen molar-refractivity contribution in [1.82, 2.24) is 15.6 Å². The van der Waals surface area contributed by atoms with E-state index in [1.165, 1.54) is 12.3 Å². The molecule has 0 aliphatic rings. The van der Waals surface area contributed by atoms with Gasteiger partial charge in [-0.2, -0.15) is 0 Å². The van der Waals surface area contributed by atoms with Gasteiger partial charge in [-0.25, -0.2) is 10.8 Å². The number of pyridine rings is 1. The fraction of sp³-hybridized carbons (Fsp3) is 0.300. The van der Waals surface area contributed by atoms with Crippen LogP contribution in [-0.2, 0) is 4.79 Å². The number of anilines is 1. The molecule has 0 aromatic carbocycles. The average molecular weight is 237 g/mol. The molecule has 0 fully saturated rings. The van der Waals surface area contributed by atoms with Gasteiger partial charge in [0, 0.05) is 31.8 Å². The number of nitrogens with one attached hydrogen (secondary N) is 3. The Kier molecular flexibility index (Phi) is 4.89. The number of nitrogens with two attached hydrogens (primary N) is 1. The molecule has 1 aromatic rings. The van der Waals surface area contributed by atoms with Crippen molar-refractivity contribution in [3.63, 3.8) is 0 Å². The molecule has 1 heterocycles. The zero-order valence-electron chi connectivity index (χ0n) is 9.49. The quantitative estimate of drug-likeness (QED) is 0.397. The highest BCUT2D eigenvalue weighted by atomic mass is 16.2. The zero-order chi connectivity index (χ0) is 12.7. The highest BCUT2D eigenvalue weighted by Gasteiger charge is 2.06. The zero-order valence-corrected chi connectivity index (χ0v) is 9.49. The highest BCUT2D eigenvalue weighted by Crippen LogP contribution is 2.04. The van der Waals surface area contributed by atoms with Crippen molar-refractivity contribution in [1.29, 1.82) is 0 Å². The number of nitrogens with zero attached hydrogens (tertiary/aromatic N) is 1. The number of aromatic nitrogens is 1. The lowest BCUT2D eigenvalue weighted by Crippen LogP contribution is -2.29. The Hall–Kier alpha value is -2.15. The summed E-state index contributed by atoms with van der Waals surface area (Å²) in [5.41, 5.74) is 2.79. The Bertz CT molecular complexity index is 407. The third-order valence-corrected chi connectivity index (χ3v) is 2.09. The van der Waals surface area contributed by atoms with Crippen LogP contribution >= 0.6 is 0 Å². The van der Waals surface area contributed by atoms with Crippen molar-refractivity contribution >= 4 is 17.6 Å². The molecule has 7 heteroatoms. The van der Waals surface area contributed by atoms with Gasteiger partial charge in [-0.15, -0.1) is 0 Å². The van der Waals surface area contributed by atoms with E-state index in [4.69, 9.17) is 5.84 Å². The molecule has 7 nitrogen and oxygen atoms in total. The number of carbonyl (C=O) groups excluding carboxylic acids is 2. The van der Waals surface area contributed by atoms with Crippen LogP contribution in [0.15, 0.2) is 18.3 Å². The minimum absolute atomic E-state index is 0.121. The van der Waals surface area contributed by atoms with Gasteiger partial charge in [0.2, 0.25) is 5.91 Å². The molecule has 5 N–H and O–H groups in total. The molecule has 0 aliphatic carbocycles. The standard InChI is InChI=1S/C10H15N5O2/c1-12-9(16)3-5-14-10(17)7-2-4-13-8(6-7)15-11/h2,4,6H,3,5,11H2,1H3,(H,12,16)(H,13,15)(H,14,17). The second-order valence-corrected chi connectivity index (χ2v) is 3.25. The van der Waals surface area contributed by atoms with E-state index in [1.807, 2.05) is 0 Å². The van der Waals surface area contributed by atoms with Gasteiger partial charge in [-0.1, -0.05) is 0 Å². The summed E-state index contributed by atoms with van der Waals surface area (Å²) in [7, 11) is 1.55. The Morgan fingerprint density at radius 3 is 2.88 bits per heavy atom.